The molecule has 15 heavy (non-hydrogen) atoms. The molecular weight excluding hydrogens is 212 g/mol. The Bertz CT molecular complexity index is 331. The fourth-order valence-corrected chi connectivity index (χ4v) is 2.05. The maximum Gasteiger partial charge on any atom is 0.153 e. The molecule has 2 rings (SSSR count). The van der Waals surface area contributed by atoms with Gasteiger partial charge in [-0.15, -0.1) is 5.10 Å². The van der Waals surface area contributed by atoms with Gasteiger partial charge in [0.2, 0.25) is 0 Å². The maximum atomic E-state index is 5.74. The van der Waals surface area contributed by atoms with E-state index < -0.39 is 0 Å². The minimum absolute atomic E-state index is 0.434. The quantitative estimate of drug-likeness (QED) is 0.848. The lowest BCUT2D eigenvalue weighted by Gasteiger charge is -2.12. The van der Waals surface area contributed by atoms with Crippen molar-refractivity contribution in [2.24, 2.45) is 5.92 Å². The van der Waals surface area contributed by atoms with E-state index in [0.29, 0.717) is 5.15 Å². The van der Waals surface area contributed by atoms with Crippen molar-refractivity contribution in [3.63, 3.8) is 0 Å². The average molecular weight is 227 g/mol. The molecule has 0 spiro atoms. The van der Waals surface area contributed by atoms with Crippen molar-refractivity contribution in [1.82, 2.24) is 15.1 Å². The molecular formula is C10H15ClN4. The van der Waals surface area contributed by atoms with Gasteiger partial charge in [0.25, 0.3) is 0 Å². The monoisotopic (exact) mass is 226 g/mol. The van der Waals surface area contributed by atoms with Crippen LogP contribution in [0.2, 0.25) is 5.15 Å². The third-order valence-electron chi connectivity index (χ3n) is 2.71. The minimum atomic E-state index is 0.434. The highest BCUT2D eigenvalue weighted by Gasteiger charge is 2.18. The minimum Gasteiger partial charge on any atom is -0.383 e. The lowest BCUT2D eigenvalue weighted by atomic mass is 10.1. The molecule has 0 aliphatic carbocycles. The zero-order chi connectivity index (χ0) is 10.7. The van der Waals surface area contributed by atoms with Crippen molar-refractivity contribution < 1.29 is 0 Å². The van der Waals surface area contributed by atoms with Crippen LogP contribution < -0.4 is 5.32 Å². The summed E-state index contributed by atoms with van der Waals surface area (Å²) in [6.45, 7) is 3.34. The zero-order valence-electron chi connectivity index (χ0n) is 8.78. The molecule has 2 heterocycles. The van der Waals surface area contributed by atoms with Crippen molar-refractivity contribution in [3.05, 3.63) is 17.4 Å². The van der Waals surface area contributed by atoms with Crippen LogP contribution in [0.25, 0.3) is 0 Å². The van der Waals surface area contributed by atoms with Crippen LogP contribution in [-0.4, -0.2) is 41.8 Å². The molecule has 1 saturated heterocycles. The Hall–Kier alpha value is -0.870. The van der Waals surface area contributed by atoms with Gasteiger partial charge in [-0.25, -0.2) is 0 Å². The number of rotatable bonds is 3. The summed E-state index contributed by atoms with van der Waals surface area (Å²) in [5, 5.41) is 11.3. The van der Waals surface area contributed by atoms with E-state index in [0.717, 1.165) is 18.2 Å². The van der Waals surface area contributed by atoms with E-state index in [1.807, 2.05) is 0 Å². The van der Waals surface area contributed by atoms with Crippen LogP contribution in [0.3, 0.4) is 0 Å². The van der Waals surface area contributed by atoms with Gasteiger partial charge in [0, 0.05) is 19.2 Å². The van der Waals surface area contributed by atoms with Gasteiger partial charge in [-0.1, -0.05) is 11.6 Å². The van der Waals surface area contributed by atoms with Gasteiger partial charge >= 0.3 is 0 Å². The second-order valence-electron chi connectivity index (χ2n) is 4.06. The lowest BCUT2D eigenvalue weighted by Crippen LogP contribution is -2.19. The topological polar surface area (TPSA) is 41.0 Å². The van der Waals surface area contributed by atoms with Gasteiger partial charge in [0.05, 0.1) is 11.9 Å². The first-order valence-corrected chi connectivity index (χ1v) is 5.52. The molecule has 0 amide bonds. The van der Waals surface area contributed by atoms with Crippen LogP contribution in [0.1, 0.15) is 6.42 Å². The van der Waals surface area contributed by atoms with Gasteiger partial charge < -0.3 is 10.2 Å². The number of nitrogens with zero attached hydrogens (tertiary/aromatic N) is 3. The number of nitrogens with one attached hydrogen (secondary N) is 1. The summed E-state index contributed by atoms with van der Waals surface area (Å²) in [5.74, 6) is 0.724. The van der Waals surface area contributed by atoms with Crippen molar-refractivity contribution in [1.29, 1.82) is 0 Å². The van der Waals surface area contributed by atoms with Crippen LogP contribution in [0.4, 0.5) is 5.69 Å². The molecule has 82 valence electrons. The standard InChI is InChI=1S/C10H15ClN4/c1-15-3-2-8(7-15)5-12-9-4-10(11)14-13-6-9/h4,6,8H,2-3,5,7H2,1H3,(H,12,14). The second kappa shape index (κ2) is 4.77. The van der Waals surface area contributed by atoms with E-state index in [9.17, 15) is 0 Å². The van der Waals surface area contributed by atoms with Crippen LogP contribution in [-0.2, 0) is 0 Å². The summed E-state index contributed by atoms with van der Waals surface area (Å²) in [6, 6.07) is 1.80. The number of halogens is 1. The van der Waals surface area contributed by atoms with E-state index in [1.54, 1.807) is 12.3 Å². The highest BCUT2D eigenvalue weighted by atomic mass is 35.5. The summed E-state index contributed by atoms with van der Waals surface area (Å²) >= 11 is 5.74. The number of aromatic nitrogens is 2. The van der Waals surface area contributed by atoms with Gasteiger partial charge in [0.1, 0.15) is 0 Å². The smallest absolute Gasteiger partial charge is 0.153 e. The molecule has 1 unspecified atom stereocenters. The molecule has 0 radical (unpaired) electrons. The van der Waals surface area contributed by atoms with E-state index in [2.05, 4.69) is 27.5 Å². The van der Waals surface area contributed by atoms with Crippen LogP contribution in [0.15, 0.2) is 12.3 Å². The molecule has 5 heteroatoms. The Kier molecular flexibility index (Phi) is 3.38. The molecule has 1 N–H and O–H groups in total. The summed E-state index contributed by atoms with van der Waals surface area (Å²) in [5.41, 5.74) is 0.949. The first kappa shape index (κ1) is 10.6. The first-order valence-electron chi connectivity index (χ1n) is 5.14. The Morgan fingerprint density at radius 3 is 3.20 bits per heavy atom. The number of hydrogen-bond acceptors (Lipinski definition) is 4. The van der Waals surface area contributed by atoms with Crippen molar-refractivity contribution in [2.45, 2.75) is 6.42 Å². The highest BCUT2D eigenvalue weighted by Crippen LogP contribution is 2.16. The van der Waals surface area contributed by atoms with Crippen LogP contribution >= 0.6 is 11.6 Å². The molecule has 1 aliphatic rings. The Morgan fingerprint density at radius 2 is 2.53 bits per heavy atom. The fraction of sp³-hybridized carbons (Fsp3) is 0.600. The molecule has 1 aliphatic heterocycles. The van der Waals surface area contributed by atoms with E-state index in [1.165, 1.54) is 19.5 Å². The van der Waals surface area contributed by atoms with Crippen molar-refractivity contribution in [3.8, 4) is 0 Å². The second-order valence-corrected chi connectivity index (χ2v) is 4.45. The first-order chi connectivity index (χ1) is 7.24. The predicted molar refractivity (Wildman–Crippen MR) is 61.1 cm³/mol. The van der Waals surface area contributed by atoms with Crippen molar-refractivity contribution in [2.75, 3.05) is 32.0 Å². The third-order valence-corrected chi connectivity index (χ3v) is 2.89. The molecule has 1 fully saturated rings. The lowest BCUT2D eigenvalue weighted by molar-refractivity contribution is 0.399. The average Bonchev–Trinajstić information content (AvgIpc) is 2.62. The fourth-order valence-electron chi connectivity index (χ4n) is 1.89. The normalized spacial score (nSPS) is 21.9. The molecule has 0 aromatic carbocycles. The van der Waals surface area contributed by atoms with Gasteiger partial charge in [-0.05, 0) is 25.9 Å². The predicted octanol–water partition coefficient (Wildman–Crippen LogP) is 1.49. The third kappa shape index (κ3) is 3.04. The summed E-state index contributed by atoms with van der Waals surface area (Å²) in [7, 11) is 2.16. The molecule has 0 saturated carbocycles. The van der Waals surface area contributed by atoms with E-state index >= 15 is 0 Å². The number of anilines is 1. The summed E-state index contributed by atoms with van der Waals surface area (Å²) < 4.78 is 0. The Labute approximate surface area is 94.6 Å². The van der Waals surface area contributed by atoms with Crippen LogP contribution in [0.5, 0.6) is 0 Å². The van der Waals surface area contributed by atoms with Gasteiger partial charge in [0.15, 0.2) is 5.15 Å². The van der Waals surface area contributed by atoms with Gasteiger partial charge in [-0.2, -0.15) is 5.10 Å². The summed E-state index contributed by atoms with van der Waals surface area (Å²) in [4.78, 5) is 2.35. The highest BCUT2D eigenvalue weighted by molar-refractivity contribution is 6.29. The molecule has 0 bridgehead atoms. The largest absolute Gasteiger partial charge is 0.383 e. The number of hydrogen-bond donors (Lipinski definition) is 1. The zero-order valence-corrected chi connectivity index (χ0v) is 9.54. The maximum absolute atomic E-state index is 5.74. The summed E-state index contributed by atoms with van der Waals surface area (Å²) in [6.07, 6.45) is 2.96. The van der Waals surface area contributed by atoms with Crippen molar-refractivity contribution >= 4 is 17.3 Å². The molecule has 1 aromatic heterocycles. The van der Waals surface area contributed by atoms with Crippen LogP contribution in [0, 0.1) is 5.92 Å². The van der Waals surface area contributed by atoms with Gasteiger partial charge in [-0.3, -0.25) is 0 Å². The van der Waals surface area contributed by atoms with E-state index in [4.69, 9.17) is 11.6 Å². The molecule has 1 aromatic rings. The molecule has 1 atom stereocenters. The molecule has 4 nitrogen and oxygen atoms in total. The Morgan fingerprint density at radius 1 is 1.67 bits per heavy atom. The van der Waals surface area contributed by atoms with E-state index in [-0.39, 0.29) is 0 Å². The number of likely N-dealkylation sites (tertiary alicyclic amines) is 1. The SMILES string of the molecule is CN1CCC(CNc2cnnc(Cl)c2)C1. The Balaban J connectivity index is 1.83.